The highest BCUT2D eigenvalue weighted by Gasteiger charge is 2.50. The molecule has 33 heavy (non-hydrogen) atoms. The number of hydrogen-bond donors (Lipinski definition) is 1. The summed E-state index contributed by atoms with van der Waals surface area (Å²) in [5.41, 5.74) is 2.01. The van der Waals surface area contributed by atoms with Gasteiger partial charge in [-0.3, -0.25) is 4.79 Å². The third-order valence-corrected chi connectivity index (χ3v) is 5.94. The highest BCUT2D eigenvalue weighted by molar-refractivity contribution is 5.78. The van der Waals surface area contributed by atoms with E-state index in [9.17, 15) is 4.79 Å². The first kappa shape index (κ1) is 21.4. The summed E-state index contributed by atoms with van der Waals surface area (Å²) in [6.45, 7) is 0.690. The third-order valence-electron chi connectivity index (χ3n) is 5.94. The van der Waals surface area contributed by atoms with Crippen molar-refractivity contribution in [2.75, 3.05) is 38.8 Å². The Morgan fingerprint density at radius 1 is 1.09 bits per heavy atom. The minimum atomic E-state index is -0.274. The van der Waals surface area contributed by atoms with Gasteiger partial charge in [-0.2, -0.15) is 0 Å². The van der Waals surface area contributed by atoms with E-state index >= 15 is 0 Å². The van der Waals surface area contributed by atoms with Crippen molar-refractivity contribution in [2.45, 2.75) is 24.3 Å². The lowest BCUT2D eigenvalue weighted by molar-refractivity contribution is -0.124. The van der Waals surface area contributed by atoms with E-state index in [-0.39, 0.29) is 36.8 Å². The van der Waals surface area contributed by atoms with Crippen LogP contribution in [-0.2, 0) is 14.3 Å². The van der Waals surface area contributed by atoms with Crippen LogP contribution in [-0.4, -0.2) is 78.3 Å². The van der Waals surface area contributed by atoms with E-state index in [2.05, 4.69) is 20.8 Å². The predicted octanol–water partition coefficient (Wildman–Crippen LogP) is 1.31. The van der Waals surface area contributed by atoms with Crippen molar-refractivity contribution in [3.63, 3.8) is 0 Å². The van der Waals surface area contributed by atoms with Gasteiger partial charge in [0.2, 0.25) is 0 Å². The fourth-order valence-electron chi connectivity index (χ4n) is 4.24. The van der Waals surface area contributed by atoms with Crippen LogP contribution >= 0.6 is 0 Å². The van der Waals surface area contributed by atoms with E-state index in [1.165, 1.54) is 0 Å². The summed E-state index contributed by atoms with van der Waals surface area (Å²) in [6, 6.07) is 16.8. The molecule has 2 aliphatic heterocycles. The lowest BCUT2D eigenvalue weighted by atomic mass is 10.1. The van der Waals surface area contributed by atoms with Gasteiger partial charge in [0.05, 0.1) is 19.3 Å². The number of para-hydroxylation sites is 1. The molecule has 2 aromatic carbocycles. The number of tetrazole rings is 1. The van der Waals surface area contributed by atoms with Crippen molar-refractivity contribution in [3.05, 3.63) is 54.6 Å². The Morgan fingerprint density at radius 3 is 2.61 bits per heavy atom. The molecule has 0 unspecified atom stereocenters. The maximum Gasteiger partial charge on any atom is 0.258 e. The van der Waals surface area contributed by atoms with Crippen LogP contribution in [0.2, 0.25) is 0 Å². The summed E-state index contributed by atoms with van der Waals surface area (Å²) in [5.74, 6) is 1.08. The van der Waals surface area contributed by atoms with Crippen molar-refractivity contribution >= 4 is 11.6 Å². The molecule has 0 spiro atoms. The van der Waals surface area contributed by atoms with Crippen LogP contribution in [0.4, 0.5) is 5.69 Å². The number of nitrogens with one attached hydrogen (secondary N) is 1. The van der Waals surface area contributed by atoms with Crippen molar-refractivity contribution in [1.82, 2.24) is 25.5 Å². The van der Waals surface area contributed by atoms with Crippen LogP contribution in [0.1, 0.15) is 6.04 Å². The molecule has 3 aromatic rings. The lowest BCUT2D eigenvalue weighted by Crippen LogP contribution is -2.45. The number of benzene rings is 2. The molecule has 4 atom stereocenters. The van der Waals surface area contributed by atoms with Crippen LogP contribution in [0, 0.1) is 0 Å². The highest BCUT2D eigenvalue weighted by atomic mass is 16.6. The quantitative estimate of drug-likeness (QED) is 0.575. The molecule has 10 nitrogen and oxygen atoms in total. The number of anilines is 1. The molecule has 0 aliphatic carbocycles. The van der Waals surface area contributed by atoms with Gasteiger partial charge in [0.15, 0.2) is 12.4 Å². The van der Waals surface area contributed by atoms with E-state index in [0.717, 1.165) is 11.3 Å². The van der Waals surface area contributed by atoms with Gasteiger partial charge in [-0.05, 0) is 46.8 Å². The molecule has 1 amide bonds. The maximum atomic E-state index is 12.4. The second-order valence-corrected chi connectivity index (χ2v) is 8.33. The summed E-state index contributed by atoms with van der Waals surface area (Å²) in [7, 11) is 3.99. The maximum absolute atomic E-state index is 12.4. The van der Waals surface area contributed by atoms with Crippen molar-refractivity contribution in [1.29, 1.82) is 0 Å². The van der Waals surface area contributed by atoms with Gasteiger partial charge in [-0.1, -0.05) is 18.2 Å². The number of nitrogens with zero attached hydrogens (tertiary/aromatic N) is 5. The first-order valence-electron chi connectivity index (χ1n) is 10.9. The Bertz CT molecular complexity index is 1090. The van der Waals surface area contributed by atoms with Crippen LogP contribution in [0.3, 0.4) is 0 Å². The molecule has 1 aromatic heterocycles. The molecule has 1 N–H and O–H groups in total. The summed E-state index contributed by atoms with van der Waals surface area (Å²) in [5, 5.41) is 15.3. The van der Waals surface area contributed by atoms with E-state index in [4.69, 9.17) is 14.2 Å². The molecule has 3 heterocycles. The first-order valence-corrected chi connectivity index (χ1v) is 10.9. The molecule has 0 radical (unpaired) electrons. The SMILES string of the molecule is CN(C)c1ccc(-c2nnnn2[C@H]2CO[C@H]3[C@@H]2OC[C@@H]3NC(=O)COc2ccccc2)cc1. The van der Waals surface area contributed by atoms with Gasteiger partial charge in [0, 0.05) is 25.3 Å². The van der Waals surface area contributed by atoms with Gasteiger partial charge in [0.1, 0.15) is 24.0 Å². The Hall–Kier alpha value is -3.50. The zero-order chi connectivity index (χ0) is 22.8. The van der Waals surface area contributed by atoms with Crippen molar-refractivity contribution in [2.24, 2.45) is 0 Å². The Kier molecular flexibility index (Phi) is 5.93. The second-order valence-electron chi connectivity index (χ2n) is 8.33. The van der Waals surface area contributed by atoms with Crippen LogP contribution in [0.25, 0.3) is 11.4 Å². The van der Waals surface area contributed by atoms with Crippen molar-refractivity contribution < 1.29 is 19.0 Å². The molecule has 0 saturated carbocycles. The number of carbonyl (C=O) groups is 1. The molecule has 172 valence electrons. The zero-order valence-electron chi connectivity index (χ0n) is 18.5. The second kappa shape index (κ2) is 9.16. The number of fused-ring (bicyclic) bond motifs is 1. The number of rotatable bonds is 7. The molecule has 2 saturated heterocycles. The summed E-state index contributed by atoms with van der Waals surface area (Å²) < 4.78 is 19.3. The average molecular weight is 450 g/mol. The monoisotopic (exact) mass is 450 g/mol. The topological polar surface area (TPSA) is 104 Å². The first-order chi connectivity index (χ1) is 16.1. The molecule has 2 fully saturated rings. The predicted molar refractivity (Wildman–Crippen MR) is 120 cm³/mol. The summed E-state index contributed by atoms with van der Waals surface area (Å²) in [4.78, 5) is 14.4. The lowest BCUT2D eigenvalue weighted by Gasteiger charge is -2.18. The fourth-order valence-corrected chi connectivity index (χ4v) is 4.24. The normalized spacial score (nSPS) is 23.8. The van der Waals surface area contributed by atoms with E-state index < -0.39 is 0 Å². The minimum Gasteiger partial charge on any atom is -0.484 e. The van der Waals surface area contributed by atoms with Gasteiger partial charge in [-0.15, -0.1) is 5.10 Å². The number of hydrogen-bond acceptors (Lipinski definition) is 8. The molecule has 10 heteroatoms. The van der Waals surface area contributed by atoms with Gasteiger partial charge in [0.25, 0.3) is 5.91 Å². The van der Waals surface area contributed by atoms with E-state index in [1.807, 2.05) is 73.6 Å². The summed E-state index contributed by atoms with van der Waals surface area (Å²) >= 11 is 0. The zero-order valence-corrected chi connectivity index (χ0v) is 18.5. The largest absolute Gasteiger partial charge is 0.484 e. The Balaban J connectivity index is 1.23. The van der Waals surface area contributed by atoms with Crippen LogP contribution < -0.4 is 15.0 Å². The van der Waals surface area contributed by atoms with Crippen LogP contribution in [0.15, 0.2) is 54.6 Å². The minimum absolute atomic E-state index is 0.0680. The molecule has 5 rings (SSSR count). The summed E-state index contributed by atoms with van der Waals surface area (Å²) in [6.07, 6.45) is -0.530. The van der Waals surface area contributed by atoms with Crippen LogP contribution in [0.5, 0.6) is 5.75 Å². The fraction of sp³-hybridized carbons (Fsp3) is 0.391. The highest BCUT2D eigenvalue weighted by Crippen LogP contribution is 2.35. The number of aromatic nitrogens is 4. The Labute approximate surface area is 191 Å². The van der Waals surface area contributed by atoms with Crippen molar-refractivity contribution in [3.8, 4) is 17.1 Å². The number of carbonyl (C=O) groups excluding carboxylic acids is 1. The molecule has 0 bridgehead atoms. The number of ether oxygens (including phenoxy) is 3. The molecular weight excluding hydrogens is 424 g/mol. The van der Waals surface area contributed by atoms with Gasteiger partial charge >= 0.3 is 0 Å². The molecular formula is C23H26N6O4. The van der Waals surface area contributed by atoms with E-state index in [1.54, 1.807) is 4.68 Å². The third kappa shape index (κ3) is 4.39. The average Bonchev–Trinajstić information content (AvgIpc) is 3.56. The van der Waals surface area contributed by atoms with Gasteiger partial charge < -0.3 is 24.4 Å². The standard InChI is InChI=1S/C23H26N6O4/c1-28(2)16-10-8-15(9-11-16)23-25-26-27-29(23)19-13-33-21-18(12-32-22(19)21)24-20(30)14-31-17-6-4-3-5-7-17/h3-11,18-19,21-22H,12-14H2,1-2H3,(H,24,30)/t18-,19-,21+,22+/m0/s1. The number of amides is 1. The Morgan fingerprint density at radius 2 is 1.85 bits per heavy atom. The smallest absolute Gasteiger partial charge is 0.258 e. The van der Waals surface area contributed by atoms with Gasteiger partial charge in [-0.25, -0.2) is 4.68 Å². The van der Waals surface area contributed by atoms with E-state index in [0.29, 0.717) is 24.8 Å². The molecule has 2 aliphatic rings.